The van der Waals surface area contributed by atoms with Gasteiger partial charge in [-0.25, -0.2) is 0 Å². The molecule has 0 radical (unpaired) electrons. The van der Waals surface area contributed by atoms with Gasteiger partial charge in [-0.05, 0) is 44.7 Å². The van der Waals surface area contributed by atoms with Crippen molar-refractivity contribution in [2.24, 2.45) is 4.99 Å². The third-order valence-electron chi connectivity index (χ3n) is 4.81. The smallest absolute Gasteiger partial charge is 0.191 e. The molecule has 0 bridgehead atoms. The van der Waals surface area contributed by atoms with E-state index in [1.165, 1.54) is 5.56 Å². The first-order valence-corrected chi connectivity index (χ1v) is 9.08. The summed E-state index contributed by atoms with van der Waals surface area (Å²) in [5, 5.41) is 6.84. The summed E-state index contributed by atoms with van der Waals surface area (Å²) in [4.78, 5) is 4.75. The number of halogens is 1. The van der Waals surface area contributed by atoms with Crippen molar-refractivity contribution < 1.29 is 9.47 Å². The van der Waals surface area contributed by atoms with E-state index in [1.54, 1.807) is 0 Å². The van der Waals surface area contributed by atoms with Crippen LogP contribution >= 0.6 is 24.0 Å². The van der Waals surface area contributed by atoms with Crippen molar-refractivity contribution in [3.8, 4) is 5.75 Å². The number of fused-ring (bicyclic) bond motifs is 1. The maximum absolute atomic E-state index is 5.83. The number of hydrogen-bond donors (Lipinski definition) is 2. The van der Waals surface area contributed by atoms with Crippen LogP contribution in [0.25, 0.3) is 0 Å². The molecule has 140 valence electrons. The van der Waals surface area contributed by atoms with E-state index >= 15 is 0 Å². The average Bonchev–Trinajstić information content (AvgIpc) is 3.04. The molecule has 2 heterocycles. The van der Waals surface area contributed by atoms with Crippen LogP contribution < -0.4 is 15.4 Å². The Kier molecular flexibility index (Phi) is 7.81. The topological polar surface area (TPSA) is 54.9 Å². The Balaban J connectivity index is 0.00000225. The lowest BCUT2D eigenvalue weighted by Gasteiger charge is -2.27. The van der Waals surface area contributed by atoms with E-state index in [2.05, 4.69) is 42.7 Å². The van der Waals surface area contributed by atoms with Gasteiger partial charge in [-0.1, -0.05) is 18.2 Å². The van der Waals surface area contributed by atoms with Gasteiger partial charge in [0.15, 0.2) is 5.96 Å². The molecule has 1 aromatic rings. The van der Waals surface area contributed by atoms with Crippen LogP contribution in [0, 0.1) is 0 Å². The van der Waals surface area contributed by atoms with Gasteiger partial charge in [0.2, 0.25) is 0 Å². The molecule has 1 saturated heterocycles. The first kappa shape index (κ1) is 20.3. The lowest BCUT2D eigenvalue weighted by Crippen LogP contribution is -2.41. The van der Waals surface area contributed by atoms with Gasteiger partial charge in [0, 0.05) is 25.6 Å². The number of ether oxygens (including phenoxy) is 2. The molecule has 25 heavy (non-hydrogen) atoms. The van der Waals surface area contributed by atoms with Gasteiger partial charge in [-0.3, -0.25) is 4.99 Å². The van der Waals surface area contributed by atoms with Crippen LogP contribution in [-0.4, -0.2) is 44.4 Å². The fourth-order valence-electron chi connectivity index (χ4n) is 3.40. The Labute approximate surface area is 168 Å². The molecule has 2 aliphatic heterocycles. The summed E-state index contributed by atoms with van der Waals surface area (Å²) in [5.41, 5.74) is 1.19. The molecule has 6 heteroatoms. The third kappa shape index (κ3) is 5.48. The number of nitrogens with one attached hydrogen (secondary N) is 2. The Morgan fingerprint density at radius 2 is 2.12 bits per heavy atom. The van der Waals surface area contributed by atoms with E-state index in [0.29, 0.717) is 12.5 Å². The molecule has 2 aliphatic rings. The fraction of sp³-hybridized carbons (Fsp3) is 0.632. The highest BCUT2D eigenvalue weighted by Crippen LogP contribution is 2.32. The minimum atomic E-state index is -0.104. The third-order valence-corrected chi connectivity index (χ3v) is 4.81. The second-order valence-electron chi connectivity index (χ2n) is 6.85. The Morgan fingerprint density at radius 1 is 1.28 bits per heavy atom. The van der Waals surface area contributed by atoms with E-state index in [0.717, 1.165) is 57.3 Å². The number of nitrogens with zero attached hydrogens (tertiary/aromatic N) is 1. The summed E-state index contributed by atoms with van der Waals surface area (Å²) in [6, 6.07) is 8.33. The van der Waals surface area contributed by atoms with Crippen molar-refractivity contribution in [3.63, 3.8) is 0 Å². The molecular formula is C19H30IN3O2. The zero-order valence-corrected chi connectivity index (χ0v) is 17.5. The van der Waals surface area contributed by atoms with Crippen molar-refractivity contribution in [2.75, 3.05) is 32.8 Å². The predicted molar refractivity (Wildman–Crippen MR) is 112 cm³/mol. The number of benzene rings is 1. The number of aliphatic imine (C=N–C) groups is 1. The van der Waals surface area contributed by atoms with Gasteiger partial charge in [-0.2, -0.15) is 0 Å². The molecule has 0 saturated carbocycles. The Bertz CT molecular complexity index is 574. The molecule has 3 rings (SSSR count). The molecule has 2 atom stereocenters. The van der Waals surface area contributed by atoms with Crippen LogP contribution in [-0.2, 0) is 4.74 Å². The van der Waals surface area contributed by atoms with Gasteiger partial charge in [0.25, 0.3) is 0 Å². The number of rotatable bonds is 5. The van der Waals surface area contributed by atoms with Crippen molar-refractivity contribution >= 4 is 29.9 Å². The molecule has 2 N–H and O–H groups in total. The van der Waals surface area contributed by atoms with Crippen LogP contribution in [0.3, 0.4) is 0 Å². The monoisotopic (exact) mass is 459 g/mol. The maximum Gasteiger partial charge on any atom is 0.191 e. The van der Waals surface area contributed by atoms with Crippen LogP contribution in [0.4, 0.5) is 0 Å². The van der Waals surface area contributed by atoms with Crippen molar-refractivity contribution in [2.45, 2.75) is 44.6 Å². The SMILES string of the molecule is CCNC(=NCC1(C)CCCO1)NCC1CCOc2ccccc21.I. The van der Waals surface area contributed by atoms with Gasteiger partial charge in [0.05, 0.1) is 18.8 Å². The summed E-state index contributed by atoms with van der Waals surface area (Å²) in [5.74, 6) is 2.35. The van der Waals surface area contributed by atoms with E-state index in [-0.39, 0.29) is 29.6 Å². The van der Waals surface area contributed by atoms with Crippen molar-refractivity contribution in [1.82, 2.24) is 10.6 Å². The second kappa shape index (κ2) is 9.62. The maximum atomic E-state index is 5.83. The summed E-state index contributed by atoms with van der Waals surface area (Å²) < 4.78 is 11.6. The summed E-state index contributed by atoms with van der Waals surface area (Å²) in [6.07, 6.45) is 3.25. The predicted octanol–water partition coefficient (Wildman–Crippen LogP) is 3.29. The largest absolute Gasteiger partial charge is 0.493 e. The van der Waals surface area contributed by atoms with Gasteiger partial charge in [0.1, 0.15) is 5.75 Å². The highest BCUT2D eigenvalue weighted by molar-refractivity contribution is 14.0. The zero-order chi connectivity index (χ0) is 16.8. The molecule has 0 amide bonds. The highest BCUT2D eigenvalue weighted by atomic mass is 127. The standard InChI is InChI=1S/C19H29N3O2.HI/c1-3-20-18(22-14-19(2)10-6-11-24-19)21-13-15-9-12-23-17-8-5-4-7-16(15)17;/h4-5,7-8,15H,3,6,9-14H2,1-2H3,(H2,20,21,22);1H. The van der Waals surface area contributed by atoms with Crippen LogP contribution in [0.15, 0.2) is 29.3 Å². The quantitative estimate of drug-likeness (QED) is 0.403. The number of para-hydroxylation sites is 1. The lowest BCUT2D eigenvalue weighted by molar-refractivity contribution is 0.0283. The van der Waals surface area contributed by atoms with Crippen LogP contribution in [0.2, 0.25) is 0 Å². The molecule has 0 spiro atoms. The zero-order valence-electron chi connectivity index (χ0n) is 15.2. The second-order valence-corrected chi connectivity index (χ2v) is 6.85. The number of hydrogen-bond acceptors (Lipinski definition) is 3. The summed E-state index contributed by atoms with van der Waals surface area (Å²) >= 11 is 0. The van der Waals surface area contributed by atoms with Crippen molar-refractivity contribution in [1.29, 1.82) is 0 Å². The summed E-state index contributed by atoms with van der Waals surface area (Å²) in [7, 11) is 0. The van der Waals surface area contributed by atoms with Crippen LogP contribution in [0.5, 0.6) is 5.75 Å². The van der Waals surface area contributed by atoms with Gasteiger partial charge >= 0.3 is 0 Å². The normalized spacial score (nSPS) is 25.5. The molecule has 5 nitrogen and oxygen atoms in total. The first-order valence-electron chi connectivity index (χ1n) is 9.08. The molecule has 0 aromatic heterocycles. The van der Waals surface area contributed by atoms with Crippen LogP contribution in [0.1, 0.15) is 44.6 Å². The Morgan fingerprint density at radius 3 is 2.88 bits per heavy atom. The van der Waals surface area contributed by atoms with E-state index < -0.39 is 0 Å². The fourth-order valence-corrected chi connectivity index (χ4v) is 3.40. The minimum Gasteiger partial charge on any atom is -0.493 e. The van der Waals surface area contributed by atoms with Gasteiger partial charge < -0.3 is 20.1 Å². The average molecular weight is 459 g/mol. The van der Waals surface area contributed by atoms with E-state index in [1.807, 2.05) is 6.07 Å². The number of guanidine groups is 1. The molecule has 0 aliphatic carbocycles. The van der Waals surface area contributed by atoms with Crippen molar-refractivity contribution in [3.05, 3.63) is 29.8 Å². The van der Waals surface area contributed by atoms with E-state index in [4.69, 9.17) is 14.5 Å². The molecular weight excluding hydrogens is 429 g/mol. The molecule has 2 unspecified atom stereocenters. The summed E-state index contributed by atoms with van der Waals surface area (Å²) in [6.45, 7) is 8.30. The first-order chi connectivity index (χ1) is 11.7. The highest BCUT2D eigenvalue weighted by Gasteiger charge is 2.29. The molecule has 1 fully saturated rings. The minimum absolute atomic E-state index is 0. The van der Waals surface area contributed by atoms with E-state index in [9.17, 15) is 0 Å². The lowest BCUT2D eigenvalue weighted by atomic mass is 9.93. The molecule has 1 aromatic carbocycles. The van der Waals surface area contributed by atoms with Gasteiger partial charge in [-0.15, -0.1) is 24.0 Å². The Hall–Kier alpha value is -1.02.